The number of fused-ring (bicyclic) bond motifs is 3. The molecule has 3 aliphatic rings. The van der Waals surface area contributed by atoms with Gasteiger partial charge in [0.05, 0.1) is 0 Å². The van der Waals surface area contributed by atoms with E-state index in [4.69, 9.17) is 0 Å². The monoisotopic (exact) mass is 520 g/mol. The summed E-state index contributed by atoms with van der Waals surface area (Å²) in [5.74, 6) is 2.31. The van der Waals surface area contributed by atoms with Gasteiger partial charge in [-0.1, -0.05) is 111 Å². The molecule has 0 saturated heterocycles. The Morgan fingerprint density at radius 2 is 0.694 bits per heavy atom. The van der Waals surface area contributed by atoms with E-state index in [0.29, 0.717) is 0 Å². The molecule has 3 aliphatic carbocycles. The van der Waals surface area contributed by atoms with Crippen LogP contribution in [-0.4, -0.2) is 0 Å². The van der Waals surface area contributed by atoms with Gasteiger partial charge in [-0.15, -0.1) is 0 Å². The number of benzene rings is 2. The Kier molecular flexibility index (Phi) is 13.9. The van der Waals surface area contributed by atoms with Crippen LogP contribution in [0.1, 0.15) is 49.7 Å². The highest BCUT2D eigenvalue weighted by molar-refractivity contribution is 5.14. The molecule has 3 saturated carbocycles. The molecule has 4 heteroatoms. The number of hydrogen-bond acceptors (Lipinski definition) is 0. The number of hydrogen-bond donors (Lipinski definition) is 0. The lowest BCUT2D eigenvalue weighted by Gasteiger charge is -2.35. The topological polar surface area (TPSA) is 7.76 Å². The maximum Gasteiger partial charge on any atom is 0.173 e. The molecule has 2 nitrogen and oxygen atoms in total. The zero-order chi connectivity index (χ0) is 23.3. The van der Waals surface area contributed by atoms with Gasteiger partial charge in [-0.05, 0) is 11.8 Å². The second kappa shape index (κ2) is 16.9. The summed E-state index contributed by atoms with van der Waals surface area (Å²) in [6.07, 6.45) is 17.7. The Morgan fingerprint density at radius 3 is 0.972 bits per heavy atom. The first-order chi connectivity index (χ1) is 16.8. The average Bonchev–Trinajstić information content (AvgIpc) is 2.93. The molecule has 0 N–H and O–H groups in total. The van der Waals surface area contributed by atoms with Crippen LogP contribution in [0.2, 0.25) is 0 Å². The van der Waals surface area contributed by atoms with Crippen LogP contribution in [0.15, 0.2) is 122 Å². The first-order valence-electron chi connectivity index (χ1n) is 12.8. The standard InChI is InChI=1S/2C12H12N.C8H14.2ClH/c2*1-3-7-12(8-4-1)11-13-9-5-2-6-10-13;1-2-8-5-3-7(1)4-6-8;;/h2*1-10H,11H2;7-8H,1-6H2;2*1H/q2*+1;;;/p-2. The second-order valence-corrected chi connectivity index (χ2v) is 9.53. The normalized spacial score (nSPS) is 17.1. The molecule has 2 aromatic heterocycles. The third kappa shape index (κ3) is 10.5. The van der Waals surface area contributed by atoms with E-state index in [9.17, 15) is 0 Å². The van der Waals surface area contributed by atoms with E-state index in [2.05, 4.69) is 82.5 Å². The van der Waals surface area contributed by atoms with E-state index in [1.54, 1.807) is 38.5 Å². The smallest absolute Gasteiger partial charge is 0.173 e. The van der Waals surface area contributed by atoms with Crippen molar-refractivity contribution in [1.82, 2.24) is 0 Å². The molecular formula is C32H38Cl2N2. The first kappa shape index (κ1) is 29.5. The molecule has 4 aromatic rings. The summed E-state index contributed by atoms with van der Waals surface area (Å²) in [7, 11) is 0. The molecule has 0 radical (unpaired) electrons. The fourth-order valence-corrected chi connectivity index (χ4v) is 4.95. The maximum atomic E-state index is 2.16. The number of rotatable bonds is 4. The number of aromatic nitrogens is 2. The van der Waals surface area contributed by atoms with E-state index < -0.39 is 0 Å². The zero-order valence-electron chi connectivity index (χ0n) is 21.0. The quantitative estimate of drug-likeness (QED) is 0.349. The SMILES string of the molecule is C1CC2CCC1CC2.[Cl-].[Cl-].c1ccc(C[n+]2ccccc2)cc1.c1ccc(C[n+]2ccccc2)cc1. The summed E-state index contributed by atoms with van der Waals surface area (Å²) < 4.78 is 4.32. The minimum Gasteiger partial charge on any atom is -1.00 e. The average molecular weight is 522 g/mol. The molecule has 0 unspecified atom stereocenters. The van der Waals surface area contributed by atoms with Crippen molar-refractivity contribution in [2.24, 2.45) is 11.8 Å². The molecule has 2 heterocycles. The molecule has 2 aromatic carbocycles. The molecule has 0 amide bonds. The van der Waals surface area contributed by atoms with Gasteiger partial charge in [0.15, 0.2) is 37.9 Å². The molecule has 0 aliphatic heterocycles. The third-order valence-electron chi connectivity index (χ3n) is 6.92. The van der Waals surface area contributed by atoms with Crippen LogP contribution in [0.5, 0.6) is 0 Å². The van der Waals surface area contributed by atoms with Crippen LogP contribution in [0, 0.1) is 11.8 Å². The molecule has 0 atom stereocenters. The van der Waals surface area contributed by atoms with Gasteiger partial charge < -0.3 is 24.8 Å². The molecule has 0 spiro atoms. The predicted octanol–water partition coefficient (Wildman–Crippen LogP) is 0.639. The highest BCUT2D eigenvalue weighted by Crippen LogP contribution is 2.40. The van der Waals surface area contributed by atoms with Crippen molar-refractivity contribution in [3.63, 3.8) is 0 Å². The van der Waals surface area contributed by atoms with Gasteiger partial charge in [0, 0.05) is 35.4 Å². The number of pyridine rings is 2. The number of halogens is 2. The van der Waals surface area contributed by atoms with E-state index in [1.165, 1.54) is 11.1 Å². The Labute approximate surface area is 229 Å². The van der Waals surface area contributed by atoms with Crippen molar-refractivity contribution in [2.75, 3.05) is 0 Å². The zero-order valence-corrected chi connectivity index (χ0v) is 22.5. The molecule has 7 rings (SSSR count). The van der Waals surface area contributed by atoms with E-state index in [-0.39, 0.29) is 24.8 Å². The van der Waals surface area contributed by atoms with Crippen LogP contribution in [0.25, 0.3) is 0 Å². The van der Waals surface area contributed by atoms with Crippen molar-refractivity contribution >= 4 is 0 Å². The first-order valence-corrected chi connectivity index (χ1v) is 12.8. The van der Waals surface area contributed by atoms with Crippen molar-refractivity contribution in [3.05, 3.63) is 133 Å². The number of nitrogens with zero attached hydrogens (tertiary/aromatic N) is 2. The highest BCUT2D eigenvalue weighted by atomic mass is 35.5. The van der Waals surface area contributed by atoms with E-state index in [1.807, 2.05) is 48.5 Å². The van der Waals surface area contributed by atoms with Gasteiger partial charge in [-0.3, -0.25) is 0 Å². The Morgan fingerprint density at radius 1 is 0.417 bits per heavy atom. The molecule has 2 bridgehead atoms. The molecule has 36 heavy (non-hydrogen) atoms. The van der Waals surface area contributed by atoms with Crippen molar-refractivity contribution in [2.45, 2.75) is 51.6 Å². The van der Waals surface area contributed by atoms with Gasteiger partial charge in [0.25, 0.3) is 0 Å². The van der Waals surface area contributed by atoms with Crippen molar-refractivity contribution in [3.8, 4) is 0 Å². The van der Waals surface area contributed by atoms with E-state index >= 15 is 0 Å². The summed E-state index contributed by atoms with van der Waals surface area (Å²) in [5.41, 5.74) is 2.66. The fourth-order valence-electron chi connectivity index (χ4n) is 4.95. The Bertz CT molecular complexity index is 877. The molecular weight excluding hydrogens is 483 g/mol. The lowest BCUT2D eigenvalue weighted by Crippen LogP contribution is -3.00. The lowest BCUT2D eigenvalue weighted by atomic mass is 9.71. The lowest BCUT2D eigenvalue weighted by molar-refractivity contribution is -0.688. The molecule has 190 valence electrons. The third-order valence-corrected chi connectivity index (χ3v) is 6.92. The van der Waals surface area contributed by atoms with Crippen LogP contribution in [0.4, 0.5) is 0 Å². The molecule has 3 fully saturated rings. The largest absolute Gasteiger partial charge is 1.00 e. The van der Waals surface area contributed by atoms with Gasteiger partial charge in [0.2, 0.25) is 0 Å². The summed E-state index contributed by atoms with van der Waals surface area (Å²) in [5, 5.41) is 0. The summed E-state index contributed by atoms with van der Waals surface area (Å²) in [4.78, 5) is 0. The Hall–Kier alpha value is -2.68. The second-order valence-electron chi connectivity index (χ2n) is 9.53. The van der Waals surface area contributed by atoms with Crippen LogP contribution >= 0.6 is 0 Å². The van der Waals surface area contributed by atoms with Crippen molar-refractivity contribution in [1.29, 1.82) is 0 Å². The highest BCUT2D eigenvalue weighted by Gasteiger charge is 2.26. The van der Waals surface area contributed by atoms with Crippen molar-refractivity contribution < 1.29 is 33.9 Å². The van der Waals surface area contributed by atoms with Crippen LogP contribution in [0.3, 0.4) is 0 Å². The van der Waals surface area contributed by atoms with Gasteiger partial charge in [-0.2, -0.15) is 0 Å². The predicted molar refractivity (Wildman–Crippen MR) is 139 cm³/mol. The summed E-state index contributed by atoms with van der Waals surface area (Å²) in [6, 6.07) is 33.1. The van der Waals surface area contributed by atoms with Crippen LogP contribution in [-0.2, 0) is 13.1 Å². The summed E-state index contributed by atoms with van der Waals surface area (Å²) >= 11 is 0. The minimum atomic E-state index is 0. The summed E-state index contributed by atoms with van der Waals surface area (Å²) in [6.45, 7) is 1.89. The van der Waals surface area contributed by atoms with E-state index in [0.717, 1.165) is 24.9 Å². The van der Waals surface area contributed by atoms with Crippen LogP contribution < -0.4 is 33.9 Å². The fraction of sp³-hybridized carbons (Fsp3) is 0.312. The minimum absolute atomic E-state index is 0. The van der Waals surface area contributed by atoms with Gasteiger partial charge >= 0.3 is 0 Å². The van der Waals surface area contributed by atoms with Gasteiger partial charge in [0.1, 0.15) is 0 Å². The maximum absolute atomic E-state index is 2.16. The Balaban J connectivity index is 0.000000190. The van der Waals surface area contributed by atoms with Gasteiger partial charge in [-0.25, -0.2) is 9.13 Å².